The van der Waals surface area contributed by atoms with E-state index in [1.165, 1.54) is 6.07 Å². The summed E-state index contributed by atoms with van der Waals surface area (Å²) in [5, 5.41) is 5.43. The first-order valence-electron chi connectivity index (χ1n) is 5.23. The zero-order valence-corrected chi connectivity index (χ0v) is 11.4. The van der Waals surface area contributed by atoms with Gasteiger partial charge in [-0.25, -0.2) is 8.78 Å². The van der Waals surface area contributed by atoms with Gasteiger partial charge in [0.2, 0.25) is 5.95 Å². The summed E-state index contributed by atoms with van der Waals surface area (Å²) < 4.78 is 27.1. The molecule has 0 aliphatic heterocycles. The van der Waals surface area contributed by atoms with Crippen LogP contribution < -0.4 is 16.4 Å². The molecular weight excluding hydrogens is 320 g/mol. The second kappa shape index (κ2) is 5.35. The molecule has 2 aromatic rings. The second-order valence-electron chi connectivity index (χ2n) is 3.62. The molecule has 1 heterocycles. The first-order chi connectivity index (χ1) is 8.99. The van der Waals surface area contributed by atoms with Gasteiger partial charge in [-0.3, -0.25) is 0 Å². The van der Waals surface area contributed by atoms with Crippen LogP contribution in [0.2, 0.25) is 0 Å². The van der Waals surface area contributed by atoms with Crippen molar-refractivity contribution in [1.82, 2.24) is 9.97 Å². The van der Waals surface area contributed by atoms with Crippen LogP contribution in [0.15, 0.2) is 22.7 Å². The molecule has 0 aliphatic rings. The summed E-state index contributed by atoms with van der Waals surface area (Å²) >= 11 is 2.90. The minimum absolute atomic E-state index is 0.0207. The van der Waals surface area contributed by atoms with Crippen LogP contribution in [-0.4, -0.2) is 17.0 Å². The van der Waals surface area contributed by atoms with Crippen LogP contribution in [0.5, 0.6) is 0 Å². The molecule has 100 valence electrons. The van der Waals surface area contributed by atoms with E-state index in [2.05, 4.69) is 36.5 Å². The highest BCUT2D eigenvalue weighted by atomic mass is 79.9. The van der Waals surface area contributed by atoms with Crippen molar-refractivity contribution >= 4 is 39.2 Å². The lowest BCUT2D eigenvalue weighted by Gasteiger charge is -2.09. The van der Waals surface area contributed by atoms with Crippen molar-refractivity contribution in [2.45, 2.75) is 0 Å². The molecule has 19 heavy (non-hydrogen) atoms. The van der Waals surface area contributed by atoms with Crippen LogP contribution in [0, 0.1) is 11.6 Å². The zero-order chi connectivity index (χ0) is 14.0. The van der Waals surface area contributed by atoms with Crippen LogP contribution in [0.3, 0.4) is 0 Å². The van der Waals surface area contributed by atoms with E-state index in [4.69, 9.17) is 5.73 Å². The van der Waals surface area contributed by atoms with E-state index >= 15 is 0 Å². The van der Waals surface area contributed by atoms with Gasteiger partial charge in [0.1, 0.15) is 23.3 Å². The molecule has 2 rings (SSSR count). The summed E-state index contributed by atoms with van der Waals surface area (Å²) in [5.74, 6) is -0.450. The number of anilines is 4. The molecule has 0 amide bonds. The smallest absolute Gasteiger partial charge is 0.223 e. The lowest BCUT2D eigenvalue weighted by Crippen LogP contribution is -2.04. The third kappa shape index (κ3) is 3.08. The van der Waals surface area contributed by atoms with Crippen molar-refractivity contribution in [2.75, 3.05) is 23.4 Å². The lowest BCUT2D eigenvalue weighted by molar-refractivity contribution is 0.598. The summed E-state index contributed by atoms with van der Waals surface area (Å²) in [4.78, 5) is 7.77. The predicted octanol–water partition coefficient (Wildman–Crippen LogP) is 2.88. The molecule has 5 nitrogen and oxygen atoms in total. The molecule has 1 aromatic heterocycles. The maximum absolute atomic E-state index is 13.6. The van der Waals surface area contributed by atoms with E-state index in [9.17, 15) is 8.78 Å². The quantitative estimate of drug-likeness (QED) is 0.755. The highest BCUT2D eigenvalue weighted by molar-refractivity contribution is 9.10. The number of halogens is 3. The Kier molecular flexibility index (Phi) is 3.79. The van der Waals surface area contributed by atoms with Crippen molar-refractivity contribution in [1.29, 1.82) is 0 Å². The minimum Gasteiger partial charge on any atom is -0.373 e. The Morgan fingerprint density at radius 3 is 2.47 bits per heavy atom. The van der Waals surface area contributed by atoms with Crippen molar-refractivity contribution in [2.24, 2.45) is 0 Å². The molecule has 0 atom stereocenters. The van der Waals surface area contributed by atoms with Gasteiger partial charge in [0.05, 0.1) is 10.2 Å². The van der Waals surface area contributed by atoms with E-state index in [-0.39, 0.29) is 21.9 Å². The van der Waals surface area contributed by atoms with E-state index in [0.717, 1.165) is 12.1 Å². The number of nitrogens with two attached hydrogens (primary N) is 1. The Morgan fingerprint density at radius 2 is 1.79 bits per heavy atom. The topological polar surface area (TPSA) is 75.9 Å². The molecular formula is C11H10BrF2N5. The van der Waals surface area contributed by atoms with Crippen LogP contribution >= 0.6 is 15.9 Å². The van der Waals surface area contributed by atoms with Gasteiger partial charge in [-0.1, -0.05) is 0 Å². The number of nitrogens with one attached hydrogen (secondary N) is 2. The van der Waals surface area contributed by atoms with Gasteiger partial charge in [-0.05, 0) is 22.0 Å². The van der Waals surface area contributed by atoms with Gasteiger partial charge >= 0.3 is 0 Å². The second-order valence-corrected chi connectivity index (χ2v) is 4.47. The number of aromatic nitrogens is 2. The van der Waals surface area contributed by atoms with Crippen LogP contribution in [0.4, 0.5) is 32.1 Å². The Labute approximate surface area is 116 Å². The van der Waals surface area contributed by atoms with Crippen LogP contribution in [0.25, 0.3) is 0 Å². The number of hydrogen-bond donors (Lipinski definition) is 3. The van der Waals surface area contributed by atoms with Gasteiger partial charge in [0.15, 0.2) is 0 Å². The van der Waals surface area contributed by atoms with Gasteiger partial charge < -0.3 is 16.4 Å². The van der Waals surface area contributed by atoms with Crippen molar-refractivity contribution in [3.63, 3.8) is 0 Å². The zero-order valence-electron chi connectivity index (χ0n) is 9.84. The predicted molar refractivity (Wildman–Crippen MR) is 73.3 cm³/mol. The summed E-state index contributed by atoms with van der Waals surface area (Å²) in [5.41, 5.74) is 5.46. The van der Waals surface area contributed by atoms with E-state index in [1.807, 2.05) is 0 Å². The van der Waals surface area contributed by atoms with E-state index in [1.54, 1.807) is 7.05 Å². The summed E-state index contributed by atoms with van der Waals surface area (Å²) in [7, 11) is 1.66. The third-order valence-electron chi connectivity index (χ3n) is 2.27. The summed E-state index contributed by atoms with van der Waals surface area (Å²) in [6.45, 7) is 0. The first-order valence-corrected chi connectivity index (χ1v) is 6.03. The van der Waals surface area contributed by atoms with Crippen LogP contribution in [-0.2, 0) is 0 Å². The number of nitrogens with zero attached hydrogens (tertiary/aromatic N) is 2. The van der Waals surface area contributed by atoms with Crippen molar-refractivity contribution in [3.05, 3.63) is 34.3 Å². The number of benzene rings is 1. The number of hydrogen-bond acceptors (Lipinski definition) is 5. The molecule has 0 aliphatic carbocycles. The molecule has 0 spiro atoms. The monoisotopic (exact) mass is 329 g/mol. The normalized spacial score (nSPS) is 10.3. The summed E-state index contributed by atoms with van der Waals surface area (Å²) in [6.07, 6.45) is 0. The lowest BCUT2D eigenvalue weighted by atomic mass is 10.3. The van der Waals surface area contributed by atoms with Crippen molar-refractivity contribution in [3.8, 4) is 0 Å². The van der Waals surface area contributed by atoms with Gasteiger partial charge in [0.25, 0.3) is 0 Å². The first kappa shape index (κ1) is 13.5. The van der Waals surface area contributed by atoms with Gasteiger partial charge in [0, 0.05) is 19.2 Å². The van der Waals surface area contributed by atoms with Crippen LogP contribution in [0.1, 0.15) is 0 Å². The largest absolute Gasteiger partial charge is 0.373 e. The SMILES string of the molecule is CNc1cc(Nc2cc(F)c(Br)cc2F)nc(N)n1. The molecule has 0 radical (unpaired) electrons. The number of rotatable bonds is 3. The summed E-state index contributed by atoms with van der Waals surface area (Å²) in [6, 6.07) is 3.58. The molecule has 0 saturated heterocycles. The molecule has 0 saturated carbocycles. The standard InChI is InChI=1S/C11H10BrF2N5/c1-16-9-4-10(19-11(15)18-9)17-8-3-6(13)5(12)2-7(8)14/h2-4H,1H3,(H4,15,16,17,18,19). The molecule has 0 unspecified atom stereocenters. The fourth-order valence-electron chi connectivity index (χ4n) is 1.41. The number of nitrogen functional groups attached to an aromatic ring is 1. The molecule has 4 N–H and O–H groups in total. The average Bonchev–Trinajstić information content (AvgIpc) is 2.35. The average molecular weight is 330 g/mol. The van der Waals surface area contributed by atoms with E-state index in [0.29, 0.717) is 5.82 Å². The molecule has 0 fully saturated rings. The minimum atomic E-state index is -0.614. The Morgan fingerprint density at radius 1 is 1.11 bits per heavy atom. The maximum atomic E-state index is 13.6. The fourth-order valence-corrected chi connectivity index (χ4v) is 1.73. The molecule has 1 aromatic carbocycles. The van der Waals surface area contributed by atoms with E-state index < -0.39 is 11.6 Å². The Bertz CT molecular complexity index is 620. The highest BCUT2D eigenvalue weighted by Crippen LogP contribution is 2.26. The molecule has 8 heteroatoms. The fraction of sp³-hybridized carbons (Fsp3) is 0.0909. The van der Waals surface area contributed by atoms with Gasteiger partial charge in [-0.15, -0.1) is 0 Å². The third-order valence-corrected chi connectivity index (χ3v) is 2.88. The van der Waals surface area contributed by atoms with Crippen molar-refractivity contribution < 1.29 is 8.78 Å². The Balaban J connectivity index is 2.36. The maximum Gasteiger partial charge on any atom is 0.223 e. The molecule has 0 bridgehead atoms. The van der Waals surface area contributed by atoms with Gasteiger partial charge in [-0.2, -0.15) is 9.97 Å². The Hall–Kier alpha value is -1.96. The highest BCUT2D eigenvalue weighted by Gasteiger charge is 2.10.